The summed E-state index contributed by atoms with van der Waals surface area (Å²) in [5, 5.41) is 10.4. The van der Waals surface area contributed by atoms with E-state index in [-0.39, 0.29) is 0 Å². The Kier molecular flexibility index (Phi) is 9.63. The first-order chi connectivity index (χ1) is 12.7. The molecule has 0 heterocycles. The lowest BCUT2D eigenvalue weighted by molar-refractivity contribution is 0.474. The van der Waals surface area contributed by atoms with Crippen LogP contribution in [-0.2, 0) is 0 Å². The average Bonchev–Trinajstić information content (AvgIpc) is 2.65. The van der Waals surface area contributed by atoms with Crippen molar-refractivity contribution in [3.8, 4) is 5.75 Å². The molecule has 26 heavy (non-hydrogen) atoms. The van der Waals surface area contributed by atoms with Gasteiger partial charge in [0.15, 0.2) is 0 Å². The summed E-state index contributed by atoms with van der Waals surface area (Å²) < 4.78 is 0. The van der Waals surface area contributed by atoms with Gasteiger partial charge in [-0.2, -0.15) is 0 Å². The molecule has 0 saturated carbocycles. The van der Waals surface area contributed by atoms with Crippen LogP contribution in [0.15, 0.2) is 48.5 Å². The number of aromatic hydroxyl groups is 1. The van der Waals surface area contributed by atoms with Crippen LogP contribution in [0.3, 0.4) is 0 Å². The van der Waals surface area contributed by atoms with Crippen molar-refractivity contribution >= 4 is 11.6 Å². The summed E-state index contributed by atoms with van der Waals surface area (Å²) in [4.78, 5) is 0. The van der Waals surface area contributed by atoms with Gasteiger partial charge in [0.05, 0.1) is 0 Å². The van der Waals surface area contributed by atoms with Crippen molar-refractivity contribution in [2.45, 2.75) is 77.0 Å². The molecule has 1 nitrogen and oxygen atoms in total. The third-order valence-electron chi connectivity index (χ3n) is 5.16. The Hall–Kier alpha value is -1.47. The number of benzene rings is 2. The van der Waals surface area contributed by atoms with Crippen LogP contribution in [0.4, 0.5) is 0 Å². The highest BCUT2D eigenvalue weighted by Crippen LogP contribution is 2.32. The van der Waals surface area contributed by atoms with Gasteiger partial charge in [-0.1, -0.05) is 101 Å². The summed E-state index contributed by atoms with van der Waals surface area (Å²) >= 11 is 6.06. The lowest BCUT2D eigenvalue weighted by atomic mass is 9.86. The third-order valence-corrected chi connectivity index (χ3v) is 5.42. The molecule has 2 heteroatoms. The second-order valence-electron chi connectivity index (χ2n) is 7.31. The Morgan fingerprint density at radius 2 is 1.15 bits per heavy atom. The SMILES string of the molecule is CCCCCCCCCCCC(c1ccc(O)cc1)c1ccc(Cl)cc1. The van der Waals surface area contributed by atoms with Crippen LogP contribution in [0.5, 0.6) is 5.75 Å². The van der Waals surface area contributed by atoms with Gasteiger partial charge in [-0.15, -0.1) is 0 Å². The molecule has 0 aromatic heterocycles. The van der Waals surface area contributed by atoms with Gasteiger partial charge in [0.1, 0.15) is 5.75 Å². The second-order valence-corrected chi connectivity index (χ2v) is 7.75. The first-order valence-electron chi connectivity index (χ1n) is 10.2. The lowest BCUT2D eigenvalue weighted by Gasteiger charge is -2.18. The highest BCUT2D eigenvalue weighted by atomic mass is 35.5. The molecular weight excluding hydrogens is 340 g/mol. The maximum Gasteiger partial charge on any atom is 0.115 e. The third kappa shape index (κ3) is 7.41. The summed E-state index contributed by atoms with van der Waals surface area (Å²) in [6.45, 7) is 2.27. The molecule has 0 aliphatic rings. The zero-order valence-corrected chi connectivity index (χ0v) is 16.8. The minimum absolute atomic E-state index is 0.326. The Labute approximate surface area is 164 Å². The number of unbranched alkanes of at least 4 members (excludes halogenated alkanes) is 8. The van der Waals surface area contributed by atoms with E-state index in [0.717, 1.165) is 11.4 Å². The molecule has 1 unspecified atom stereocenters. The summed E-state index contributed by atoms with van der Waals surface area (Å²) in [7, 11) is 0. The average molecular weight is 373 g/mol. The van der Waals surface area contributed by atoms with E-state index in [2.05, 4.69) is 19.1 Å². The largest absolute Gasteiger partial charge is 0.508 e. The van der Waals surface area contributed by atoms with Gasteiger partial charge in [-0.05, 0) is 41.8 Å². The Balaban J connectivity index is 1.83. The van der Waals surface area contributed by atoms with E-state index in [4.69, 9.17) is 11.6 Å². The Morgan fingerprint density at radius 3 is 1.69 bits per heavy atom. The topological polar surface area (TPSA) is 20.2 Å². The molecule has 0 bridgehead atoms. The molecule has 2 aromatic carbocycles. The van der Waals surface area contributed by atoms with E-state index in [9.17, 15) is 5.11 Å². The number of phenols is 1. The van der Waals surface area contributed by atoms with Crippen LogP contribution in [0.2, 0.25) is 5.02 Å². The monoisotopic (exact) mass is 372 g/mol. The van der Waals surface area contributed by atoms with Crippen molar-refractivity contribution in [2.75, 3.05) is 0 Å². The minimum Gasteiger partial charge on any atom is -0.508 e. The summed E-state index contributed by atoms with van der Waals surface area (Å²) in [5.74, 6) is 0.698. The van der Waals surface area contributed by atoms with Gasteiger partial charge in [0.2, 0.25) is 0 Å². The van der Waals surface area contributed by atoms with Crippen LogP contribution < -0.4 is 0 Å². The molecule has 0 radical (unpaired) electrons. The van der Waals surface area contributed by atoms with E-state index < -0.39 is 0 Å². The van der Waals surface area contributed by atoms with E-state index in [1.807, 2.05) is 24.3 Å². The van der Waals surface area contributed by atoms with Crippen LogP contribution in [0, 0.1) is 0 Å². The fourth-order valence-corrected chi connectivity index (χ4v) is 3.71. The van der Waals surface area contributed by atoms with E-state index in [1.165, 1.54) is 68.9 Å². The maximum absolute atomic E-state index is 9.58. The number of hydrogen-bond acceptors (Lipinski definition) is 1. The van der Waals surface area contributed by atoms with Gasteiger partial charge >= 0.3 is 0 Å². The number of hydrogen-bond donors (Lipinski definition) is 1. The Morgan fingerprint density at radius 1 is 0.692 bits per heavy atom. The molecule has 0 fully saturated rings. The molecule has 0 aliphatic heterocycles. The molecule has 1 atom stereocenters. The van der Waals surface area contributed by atoms with Crippen molar-refractivity contribution in [3.63, 3.8) is 0 Å². The highest BCUT2D eigenvalue weighted by molar-refractivity contribution is 6.30. The number of phenolic OH excluding ortho intramolecular Hbond substituents is 1. The predicted octanol–water partition coefficient (Wildman–Crippen LogP) is 8.10. The van der Waals surface area contributed by atoms with E-state index in [0.29, 0.717) is 11.7 Å². The smallest absolute Gasteiger partial charge is 0.115 e. The molecule has 0 spiro atoms. The maximum atomic E-state index is 9.58. The van der Waals surface area contributed by atoms with Crippen LogP contribution in [0.25, 0.3) is 0 Å². The molecular formula is C24H33ClO. The molecule has 1 N–H and O–H groups in total. The van der Waals surface area contributed by atoms with E-state index >= 15 is 0 Å². The molecule has 2 aromatic rings. The fraction of sp³-hybridized carbons (Fsp3) is 0.500. The van der Waals surface area contributed by atoms with Gasteiger partial charge in [-0.3, -0.25) is 0 Å². The fourth-order valence-electron chi connectivity index (χ4n) is 3.59. The molecule has 0 saturated heterocycles. The molecule has 0 amide bonds. The lowest BCUT2D eigenvalue weighted by Crippen LogP contribution is -2.01. The van der Waals surface area contributed by atoms with Crippen LogP contribution >= 0.6 is 11.6 Å². The van der Waals surface area contributed by atoms with Crippen molar-refractivity contribution in [1.82, 2.24) is 0 Å². The highest BCUT2D eigenvalue weighted by Gasteiger charge is 2.14. The minimum atomic E-state index is 0.326. The first-order valence-corrected chi connectivity index (χ1v) is 10.6. The van der Waals surface area contributed by atoms with E-state index in [1.54, 1.807) is 12.1 Å². The summed E-state index contributed by atoms with van der Waals surface area (Å²) in [6.07, 6.45) is 13.3. The van der Waals surface area contributed by atoms with Gasteiger partial charge in [0, 0.05) is 10.9 Å². The molecule has 2 rings (SSSR count). The summed E-state index contributed by atoms with van der Waals surface area (Å²) in [6, 6.07) is 15.9. The van der Waals surface area contributed by atoms with Crippen LogP contribution in [-0.4, -0.2) is 5.11 Å². The quantitative estimate of drug-likeness (QED) is 0.373. The second kappa shape index (κ2) is 12.0. The number of halogens is 1. The van der Waals surface area contributed by atoms with Crippen molar-refractivity contribution in [3.05, 3.63) is 64.7 Å². The summed E-state index contributed by atoms with van der Waals surface area (Å²) in [5.41, 5.74) is 2.57. The van der Waals surface area contributed by atoms with Crippen LogP contribution in [0.1, 0.15) is 88.2 Å². The zero-order valence-electron chi connectivity index (χ0n) is 16.1. The standard InChI is InChI=1S/C24H33ClO/c1-2-3-4-5-6-7-8-9-10-11-24(20-12-16-22(25)17-13-20)21-14-18-23(26)19-15-21/h12-19,24,26H,2-11H2,1H3. The van der Waals surface area contributed by atoms with Crippen molar-refractivity contribution in [1.29, 1.82) is 0 Å². The van der Waals surface area contributed by atoms with Crippen molar-refractivity contribution in [2.24, 2.45) is 0 Å². The normalized spacial score (nSPS) is 12.2. The van der Waals surface area contributed by atoms with Gasteiger partial charge < -0.3 is 5.11 Å². The first kappa shape index (κ1) is 20.8. The predicted molar refractivity (Wildman–Crippen MR) is 113 cm³/mol. The van der Waals surface area contributed by atoms with Gasteiger partial charge in [0.25, 0.3) is 0 Å². The zero-order chi connectivity index (χ0) is 18.6. The molecule has 142 valence electrons. The van der Waals surface area contributed by atoms with Gasteiger partial charge in [-0.25, -0.2) is 0 Å². The number of rotatable bonds is 12. The Bertz CT molecular complexity index is 558. The molecule has 0 aliphatic carbocycles. The van der Waals surface area contributed by atoms with Crippen molar-refractivity contribution < 1.29 is 5.11 Å².